The summed E-state index contributed by atoms with van der Waals surface area (Å²) in [5.41, 5.74) is 4.32. The molecule has 0 N–H and O–H groups in total. The third kappa shape index (κ3) is 2.50. The topological polar surface area (TPSA) is 3.24 Å². The third-order valence-corrected chi connectivity index (χ3v) is 4.67. The summed E-state index contributed by atoms with van der Waals surface area (Å²) < 4.78 is 2.36. The van der Waals surface area contributed by atoms with Gasteiger partial charge in [0.2, 0.25) is 0 Å². The first-order valence-corrected chi connectivity index (χ1v) is 7.45. The van der Waals surface area contributed by atoms with Gasteiger partial charge in [0.25, 0.3) is 0 Å². The first-order chi connectivity index (χ1) is 9.04. The van der Waals surface area contributed by atoms with Gasteiger partial charge in [-0.2, -0.15) is 0 Å². The molecule has 0 saturated heterocycles. The summed E-state index contributed by atoms with van der Waals surface area (Å²) in [7, 11) is 0. The van der Waals surface area contributed by atoms with E-state index in [0.717, 1.165) is 6.54 Å². The first-order valence-electron chi connectivity index (χ1n) is 6.68. The monoisotopic (exact) mass is 269 g/mol. The van der Waals surface area contributed by atoms with E-state index in [9.17, 15) is 0 Å². The van der Waals surface area contributed by atoms with Crippen LogP contribution in [-0.4, -0.2) is 0 Å². The Bertz CT molecular complexity index is 556. The number of rotatable bonds is 1. The Morgan fingerprint density at radius 3 is 2.26 bits per heavy atom. The number of hydrogen-bond donors (Lipinski definition) is 0. The van der Waals surface area contributed by atoms with Crippen LogP contribution in [0.25, 0.3) is 0 Å². The molecule has 0 amide bonds. The van der Waals surface area contributed by atoms with Gasteiger partial charge in [0.05, 0.1) is 6.54 Å². The van der Waals surface area contributed by atoms with Crippen LogP contribution in [-0.2, 0) is 12.0 Å². The van der Waals surface area contributed by atoms with Gasteiger partial charge in [-0.15, -0.1) is 0 Å². The molecule has 0 radical (unpaired) electrons. The summed E-state index contributed by atoms with van der Waals surface area (Å²) in [5.74, 6) is 0. The molecular weight excluding hydrogens is 250 g/mol. The van der Waals surface area contributed by atoms with E-state index < -0.39 is 0 Å². The molecule has 0 atom stereocenters. The Morgan fingerprint density at radius 1 is 0.947 bits per heavy atom. The average Bonchev–Trinajstić information content (AvgIpc) is 2.81. The zero-order valence-electron chi connectivity index (χ0n) is 11.7. The lowest BCUT2D eigenvalue weighted by Gasteiger charge is -2.21. The molecule has 0 fully saturated rings. The molecule has 2 aromatic carbocycles. The molecule has 19 heavy (non-hydrogen) atoms. The second-order valence-electron chi connectivity index (χ2n) is 6.03. The lowest BCUT2D eigenvalue weighted by atomic mass is 9.87. The highest BCUT2D eigenvalue weighted by molar-refractivity contribution is 8.01. The van der Waals surface area contributed by atoms with Gasteiger partial charge in [0, 0.05) is 10.6 Å². The summed E-state index contributed by atoms with van der Waals surface area (Å²) in [4.78, 5) is 1.38. The number of benzene rings is 2. The van der Waals surface area contributed by atoms with E-state index in [2.05, 4.69) is 73.6 Å². The van der Waals surface area contributed by atoms with E-state index in [-0.39, 0.29) is 5.41 Å². The summed E-state index contributed by atoms with van der Waals surface area (Å²) in [6.45, 7) is 7.75. The van der Waals surface area contributed by atoms with Crippen molar-refractivity contribution >= 4 is 17.6 Å². The largest absolute Gasteiger partial charge is 0.308 e. The zero-order chi connectivity index (χ0) is 13.5. The van der Waals surface area contributed by atoms with Crippen LogP contribution in [0.4, 0.5) is 5.69 Å². The van der Waals surface area contributed by atoms with Crippen molar-refractivity contribution in [2.45, 2.75) is 37.6 Å². The lowest BCUT2D eigenvalue weighted by Crippen LogP contribution is -2.12. The van der Waals surface area contributed by atoms with Crippen LogP contribution in [0.1, 0.15) is 31.9 Å². The molecule has 1 nitrogen and oxygen atoms in total. The van der Waals surface area contributed by atoms with Gasteiger partial charge in [-0.05, 0) is 46.7 Å². The Kier molecular flexibility index (Phi) is 3.06. The second-order valence-corrected chi connectivity index (χ2v) is 7.10. The van der Waals surface area contributed by atoms with Crippen LogP contribution in [0.2, 0.25) is 0 Å². The maximum atomic E-state index is 2.36. The molecular formula is C17H19NS. The van der Waals surface area contributed by atoms with E-state index in [0.29, 0.717) is 0 Å². The summed E-state index contributed by atoms with van der Waals surface area (Å²) >= 11 is 1.84. The highest BCUT2D eigenvalue weighted by Gasteiger charge is 2.20. The fourth-order valence-electron chi connectivity index (χ4n) is 2.30. The van der Waals surface area contributed by atoms with Crippen molar-refractivity contribution in [3.05, 3.63) is 59.7 Å². The van der Waals surface area contributed by atoms with Crippen molar-refractivity contribution in [2.75, 3.05) is 4.31 Å². The Hall–Kier alpha value is -1.41. The molecule has 98 valence electrons. The standard InChI is InChI=1S/C17H19NS/c1-17(2,3)14-8-10-15(11-9-14)18-12-13-6-4-5-7-16(13)19-18/h4-11H,12H2,1-3H3. The van der Waals surface area contributed by atoms with Crippen LogP contribution in [0.15, 0.2) is 53.4 Å². The summed E-state index contributed by atoms with van der Waals surface area (Å²) in [6.07, 6.45) is 0. The predicted octanol–water partition coefficient (Wildman–Crippen LogP) is 5.01. The SMILES string of the molecule is CC(C)(C)c1ccc(N2Cc3ccccc3S2)cc1. The molecule has 0 spiro atoms. The van der Waals surface area contributed by atoms with E-state index in [4.69, 9.17) is 0 Å². The van der Waals surface area contributed by atoms with Gasteiger partial charge < -0.3 is 4.31 Å². The van der Waals surface area contributed by atoms with Crippen LogP contribution >= 0.6 is 11.9 Å². The molecule has 0 bridgehead atoms. The molecule has 2 aromatic rings. The van der Waals surface area contributed by atoms with Gasteiger partial charge in [0.1, 0.15) is 0 Å². The van der Waals surface area contributed by atoms with Gasteiger partial charge in [-0.1, -0.05) is 51.1 Å². The molecule has 2 heteroatoms. The number of nitrogens with zero attached hydrogens (tertiary/aromatic N) is 1. The second kappa shape index (κ2) is 4.61. The van der Waals surface area contributed by atoms with Crippen molar-refractivity contribution in [1.29, 1.82) is 0 Å². The van der Waals surface area contributed by atoms with Crippen molar-refractivity contribution in [1.82, 2.24) is 0 Å². The number of fused-ring (bicyclic) bond motifs is 1. The molecule has 1 heterocycles. The first kappa shape index (κ1) is 12.6. The Balaban J connectivity index is 1.82. The van der Waals surface area contributed by atoms with Gasteiger partial charge in [0.15, 0.2) is 0 Å². The number of anilines is 1. The van der Waals surface area contributed by atoms with E-state index in [1.54, 1.807) is 0 Å². The van der Waals surface area contributed by atoms with E-state index in [1.807, 2.05) is 11.9 Å². The molecule has 1 aliphatic rings. The van der Waals surface area contributed by atoms with Gasteiger partial charge in [-0.3, -0.25) is 0 Å². The maximum Gasteiger partial charge on any atom is 0.0561 e. The van der Waals surface area contributed by atoms with Gasteiger partial charge in [-0.25, -0.2) is 0 Å². The van der Waals surface area contributed by atoms with Crippen molar-refractivity contribution in [3.8, 4) is 0 Å². The number of hydrogen-bond acceptors (Lipinski definition) is 2. The van der Waals surface area contributed by atoms with E-state index in [1.165, 1.54) is 21.7 Å². The van der Waals surface area contributed by atoms with Crippen LogP contribution in [0.5, 0.6) is 0 Å². The van der Waals surface area contributed by atoms with Crippen molar-refractivity contribution < 1.29 is 0 Å². The minimum atomic E-state index is 0.222. The quantitative estimate of drug-likeness (QED) is 0.669. The molecule has 0 aromatic heterocycles. The zero-order valence-corrected chi connectivity index (χ0v) is 12.5. The highest BCUT2D eigenvalue weighted by Crippen LogP contribution is 2.39. The predicted molar refractivity (Wildman–Crippen MR) is 83.6 cm³/mol. The van der Waals surface area contributed by atoms with Crippen molar-refractivity contribution in [3.63, 3.8) is 0 Å². The molecule has 0 unspecified atom stereocenters. The van der Waals surface area contributed by atoms with Gasteiger partial charge >= 0.3 is 0 Å². The molecule has 0 saturated carbocycles. The molecule has 3 rings (SSSR count). The lowest BCUT2D eigenvalue weighted by molar-refractivity contribution is 0.590. The summed E-state index contributed by atoms with van der Waals surface area (Å²) in [6, 6.07) is 17.6. The molecule has 1 aliphatic heterocycles. The minimum Gasteiger partial charge on any atom is -0.308 e. The maximum absolute atomic E-state index is 2.36. The normalized spacial score (nSPS) is 14.6. The van der Waals surface area contributed by atoms with Crippen LogP contribution in [0, 0.1) is 0 Å². The Morgan fingerprint density at radius 2 is 1.63 bits per heavy atom. The minimum absolute atomic E-state index is 0.222. The average molecular weight is 269 g/mol. The van der Waals surface area contributed by atoms with Crippen LogP contribution in [0.3, 0.4) is 0 Å². The Labute approximate surface area is 119 Å². The fraction of sp³-hybridized carbons (Fsp3) is 0.294. The summed E-state index contributed by atoms with van der Waals surface area (Å²) in [5, 5.41) is 0. The fourth-order valence-corrected chi connectivity index (χ4v) is 3.36. The third-order valence-electron chi connectivity index (χ3n) is 3.52. The smallest absolute Gasteiger partial charge is 0.0561 e. The highest BCUT2D eigenvalue weighted by atomic mass is 32.2. The van der Waals surface area contributed by atoms with E-state index >= 15 is 0 Å². The van der Waals surface area contributed by atoms with Crippen LogP contribution < -0.4 is 4.31 Å². The van der Waals surface area contributed by atoms with Crippen molar-refractivity contribution in [2.24, 2.45) is 0 Å². The molecule has 0 aliphatic carbocycles.